The molecule has 2 aromatic rings. The number of fused-ring (bicyclic) bond motifs is 1. The minimum atomic E-state index is -0.306. The van der Waals surface area contributed by atoms with Crippen molar-refractivity contribution in [3.05, 3.63) is 48.5 Å². The zero-order chi connectivity index (χ0) is 20.6. The second-order valence-corrected chi connectivity index (χ2v) is 9.00. The Morgan fingerprint density at radius 1 is 0.933 bits per heavy atom. The van der Waals surface area contributed by atoms with Crippen LogP contribution in [0.3, 0.4) is 0 Å². The molecule has 3 saturated heterocycles. The predicted molar refractivity (Wildman–Crippen MR) is 115 cm³/mol. The maximum Gasteiger partial charge on any atom is 0.231 e. The van der Waals surface area contributed by atoms with E-state index in [1.165, 1.54) is 0 Å². The number of hydrogen-bond donors (Lipinski definition) is 0. The Labute approximate surface area is 178 Å². The molecule has 30 heavy (non-hydrogen) atoms. The SMILES string of the molecule is CCN1CC[C@@]2(CN(c3ncccn3)CC23CCN(Cc2ccccn2)CC3)C1=O. The van der Waals surface area contributed by atoms with E-state index in [1.54, 1.807) is 12.4 Å². The molecule has 2 aromatic heterocycles. The molecule has 0 aromatic carbocycles. The topological polar surface area (TPSA) is 65.5 Å². The molecule has 3 aliphatic rings. The van der Waals surface area contributed by atoms with Gasteiger partial charge in [-0.15, -0.1) is 0 Å². The number of aromatic nitrogens is 3. The Bertz CT molecular complexity index is 883. The molecule has 0 aliphatic carbocycles. The highest BCUT2D eigenvalue weighted by Gasteiger charge is 2.65. The average Bonchev–Trinajstić information content (AvgIpc) is 3.29. The fraction of sp³-hybridized carbons (Fsp3) is 0.565. The van der Waals surface area contributed by atoms with Crippen LogP contribution in [0.4, 0.5) is 5.95 Å². The van der Waals surface area contributed by atoms with E-state index in [9.17, 15) is 4.79 Å². The first-order valence-corrected chi connectivity index (χ1v) is 11.1. The van der Waals surface area contributed by atoms with Crippen LogP contribution in [0, 0.1) is 10.8 Å². The quantitative estimate of drug-likeness (QED) is 0.776. The maximum atomic E-state index is 13.6. The van der Waals surface area contributed by atoms with Crippen LogP contribution in [0.15, 0.2) is 42.9 Å². The minimum Gasteiger partial charge on any atom is -0.342 e. The number of hydrogen-bond acceptors (Lipinski definition) is 6. The van der Waals surface area contributed by atoms with Crippen molar-refractivity contribution in [1.82, 2.24) is 24.8 Å². The van der Waals surface area contributed by atoms with Gasteiger partial charge in [0.1, 0.15) is 0 Å². The molecular weight excluding hydrogens is 376 g/mol. The number of likely N-dealkylation sites (tertiary alicyclic amines) is 2. The number of carbonyl (C=O) groups excluding carboxylic acids is 1. The Kier molecular flexibility index (Phi) is 4.93. The van der Waals surface area contributed by atoms with Gasteiger partial charge in [-0.05, 0) is 57.5 Å². The molecule has 5 rings (SSSR count). The Balaban J connectivity index is 1.40. The van der Waals surface area contributed by atoms with E-state index in [0.29, 0.717) is 5.91 Å². The second kappa shape index (κ2) is 7.61. The summed E-state index contributed by atoms with van der Waals surface area (Å²) in [6.07, 6.45) is 8.47. The van der Waals surface area contributed by atoms with E-state index >= 15 is 0 Å². The summed E-state index contributed by atoms with van der Waals surface area (Å²) in [6.45, 7) is 8.26. The van der Waals surface area contributed by atoms with Gasteiger partial charge in [-0.25, -0.2) is 9.97 Å². The average molecular weight is 407 g/mol. The first kappa shape index (κ1) is 19.4. The maximum absolute atomic E-state index is 13.6. The zero-order valence-electron chi connectivity index (χ0n) is 17.7. The summed E-state index contributed by atoms with van der Waals surface area (Å²) in [4.78, 5) is 33.9. The lowest BCUT2D eigenvalue weighted by Gasteiger charge is -2.46. The van der Waals surface area contributed by atoms with Gasteiger partial charge in [0.15, 0.2) is 0 Å². The Morgan fingerprint density at radius 3 is 2.37 bits per heavy atom. The molecule has 5 heterocycles. The van der Waals surface area contributed by atoms with Crippen molar-refractivity contribution in [1.29, 1.82) is 0 Å². The van der Waals surface area contributed by atoms with E-state index < -0.39 is 0 Å². The van der Waals surface area contributed by atoms with Gasteiger partial charge < -0.3 is 9.80 Å². The van der Waals surface area contributed by atoms with Gasteiger partial charge in [0.2, 0.25) is 11.9 Å². The third-order valence-corrected chi connectivity index (χ3v) is 7.62. The van der Waals surface area contributed by atoms with Gasteiger partial charge >= 0.3 is 0 Å². The largest absolute Gasteiger partial charge is 0.342 e. The van der Waals surface area contributed by atoms with Crippen molar-refractivity contribution in [2.45, 2.75) is 32.7 Å². The van der Waals surface area contributed by atoms with Crippen LogP contribution >= 0.6 is 0 Å². The third-order valence-electron chi connectivity index (χ3n) is 7.62. The van der Waals surface area contributed by atoms with Crippen molar-refractivity contribution >= 4 is 11.9 Å². The standard InChI is InChI=1S/C23H30N6O/c1-2-28-15-9-23(20(28)30)18-29(21-25-11-5-12-26-21)17-22(23)7-13-27(14-8-22)16-19-6-3-4-10-24-19/h3-6,10-12H,2,7-9,13-18H2,1H3/t23-/m1/s1. The zero-order valence-corrected chi connectivity index (χ0v) is 17.7. The van der Waals surface area contributed by atoms with E-state index in [4.69, 9.17) is 0 Å². The van der Waals surface area contributed by atoms with Crippen LogP contribution in [0.5, 0.6) is 0 Å². The highest BCUT2D eigenvalue weighted by atomic mass is 16.2. The van der Waals surface area contributed by atoms with Gasteiger partial charge in [-0.2, -0.15) is 0 Å². The van der Waals surface area contributed by atoms with Crippen molar-refractivity contribution in [3.8, 4) is 0 Å². The first-order chi connectivity index (χ1) is 14.7. The molecule has 0 saturated carbocycles. The summed E-state index contributed by atoms with van der Waals surface area (Å²) in [6, 6.07) is 7.95. The second-order valence-electron chi connectivity index (χ2n) is 9.00. The number of piperidine rings is 1. The van der Waals surface area contributed by atoms with Crippen LogP contribution in [-0.4, -0.2) is 69.9 Å². The van der Waals surface area contributed by atoms with E-state index in [2.05, 4.69) is 42.6 Å². The lowest BCUT2D eigenvalue weighted by Crippen LogP contribution is -2.52. The smallest absolute Gasteiger partial charge is 0.231 e. The minimum absolute atomic E-state index is 0.00613. The van der Waals surface area contributed by atoms with E-state index in [1.807, 2.05) is 24.4 Å². The summed E-state index contributed by atoms with van der Waals surface area (Å²) >= 11 is 0. The predicted octanol–water partition coefficient (Wildman–Crippen LogP) is 2.21. The molecule has 158 valence electrons. The summed E-state index contributed by atoms with van der Waals surface area (Å²) < 4.78 is 0. The van der Waals surface area contributed by atoms with Crippen molar-refractivity contribution < 1.29 is 4.79 Å². The molecule has 1 atom stereocenters. The van der Waals surface area contributed by atoms with Crippen LogP contribution < -0.4 is 4.90 Å². The molecule has 1 amide bonds. The molecule has 7 heteroatoms. The van der Waals surface area contributed by atoms with E-state index in [0.717, 1.165) is 76.7 Å². The van der Waals surface area contributed by atoms with Gasteiger partial charge in [-0.1, -0.05) is 6.07 Å². The van der Waals surface area contributed by atoms with Crippen LogP contribution in [0.1, 0.15) is 31.9 Å². The molecule has 0 N–H and O–H groups in total. The third kappa shape index (κ3) is 3.07. The number of carbonyl (C=O) groups is 1. The lowest BCUT2D eigenvalue weighted by molar-refractivity contribution is -0.142. The number of rotatable bonds is 4. The fourth-order valence-electron chi connectivity index (χ4n) is 5.94. The van der Waals surface area contributed by atoms with Gasteiger partial charge in [0.05, 0.1) is 11.1 Å². The van der Waals surface area contributed by atoms with Crippen LogP contribution in [0.25, 0.3) is 0 Å². The number of anilines is 1. The molecule has 0 unspecified atom stereocenters. The highest BCUT2D eigenvalue weighted by molar-refractivity contribution is 5.87. The summed E-state index contributed by atoms with van der Waals surface area (Å²) in [5.74, 6) is 1.11. The van der Waals surface area contributed by atoms with Crippen LogP contribution in [-0.2, 0) is 11.3 Å². The molecular formula is C23H30N6O. The van der Waals surface area contributed by atoms with Crippen molar-refractivity contribution in [2.24, 2.45) is 10.8 Å². The number of nitrogens with zero attached hydrogens (tertiary/aromatic N) is 6. The highest BCUT2D eigenvalue weighted by Crippen LogP contribution is 2.58. The van der Waals surface area contributed by atoms with Gasteiger partial charge in [0, 0.05) is 56.7 Å². The number of amides is 1. The van der Waals surface area contributed by atoms with Gasteiger partial charge in [0.25, 0.3) is 0 Å². The Hall–Kier alpha value is -2.54. The lowest BCUT2D eigenvalue weighted by atomic mass is 9.60. The van der Waals surface area contributed by atoms with Crippen LogP contribution in [0.2, 0.25) is 0 Å². The van der Waals surface area contributed by atoms with Gasteiger partial charge in [-0.3, -0.25) is 14.7 Å². The first-order valence-electron chi connectivity index (χ1n) is 11.1. The van der Waals surface area contributed by atoms with E-state index in [-0.39, 0.29) is 10.8 Å². The molecule has 7 nitrogen and oxygen atoms in total. The van der Waals surface area contributed by atoms with Crippen molar-refractivity contribution in [3.63, 3.8) is 0 Å². The summed E-state index contributed by atoms with van der Waals surface area (Å²) in [7, 11) is 0. The number of pyridine rings is 1. The molecule has 3 fully saturated rings. The molecule has 2 spiro atoms. The molecule has 0 radical (unpaired) electrons. The molecule has 0 bridgehead atoms. The molecule has 3 aliphatic heterocycles. The fourth-order valence-corrected chi connectivity index (χ4v) is 5.94. The van der Waals surface area contributed by atoms with Crippen molar-refractivity contribution in [2.75, 3.05) is 44.2 Å². The summed E-state index contributed by atoms with van der Waals surface area (Å²) in [5, 5.41) is 0. The Morgan fingerprint density at radius 2 is 1.70 bits per heavy atom. The summed E-state index contributed by atoms with van der Waals surface area (Å²) in [5.41, 5.74) is 0.802. The normalized spacial score (nSPS) is 26.2. The monoisotopic (exact) mass is 406 g/mol.